The molecule has 0 heterocycles. The number of halogens is 2. The maximum absolute atomic E-state index is 12.6. The molecule has 27 heavy (non-hydrogen) atoms. The van der Waals surface area contributed by atoms with Gasteiger partial charge in [-0.2, -0.15) is 8.78 Å². The summed E-state index contributed by atoms with van der Waals surface area (Å²) >= 11 is 0. The highest BCUT2D eigenvalue weighted by atomic mass is 19.3. The minimum atomic E-state index is -3.15. The predicted octanol–water partition coefficient (Wildman–Crippen LogP) is 3.65. The number of hydrogen-bond donors (Lipinski definition) is 1. The Morgan fingerprint density at radius 1 is 1.11 bits per heavy atom. The molecule has 6 nitrogen and oxygen atoms in total. The van der Waals surface area contributed by atoms with E-state index in [1.54, 1.807) is 12.1 Å². The van der Waals surface area contributed by atoms with E-state index in [9.17, 15) is 18.4 Å². The Hall–Kier alpha value is -3.16. The van der Waals surface area contributed by atoms with E-state index >= 15 is 0 Å². The van der Waals surface area contributed by atoms with Crippen LogP contribution in [0.15, 0.2) is 42.5 Å². The molecule has 0 radical (unpaired) electrons. The highest BCUT2D eigenvalue weighted by Gasteiger charge is 2.22. The second kappa shape index (κ2) is 9.51. The molecule has 0 fully saturated rings. The predicted molar refractivity (Wildman–Crippen MR) is 94.4 cm³/mol. The highest BCUT2D eigenvalue weighted by Crippen LogP contribution is 2.32. The number of amides is 1. The highest BCUT2D eigenvalue weighted by molar-refractivity contribution is 5.97. The zero-order valence-corrected chi connectivity index (χ0v) is 14.8. The van der Waals surface area contributed by atoms with Crippen LogP contribution in [0.2, 0.25) is 0 Å². The molecule has 0 saturated carbocycles. The number of alkyl halides is 2. The minimum absolute atomic E-state index is 0.0499. The normalized spacial score (nSPS) is 10.4. The number of hydrogen-bond acceptors (Lipinski definition) is 5. The molecule has 0 unspecified atom stereocenters. The molecular formula is C19H19F2NO5. The van der Waals surface area contributed by atoms with E-state index in [4.69, 9.17) is 9.47 Å². The summed E-state index contributed by atoms with van der Waals surface area (Å²) < 4.78 is 39.4. The molecule has 2 rings (SSSR count). The van der Waals surface area contributed by atoms with Crippen LogP contribution in [0.3, 0.4) is 0 Å². The molecule has 144 valence electrons. The van der Waals surface area contributed by atoms with Crippen LogP contribution in [0.5, 0.6) is 11.5 Å². The second-order valence-electron chi connectivity index (χ2n) is 5.35. The lowest BCUT2D eigenvalue weighted by molar-refractivity contribution is -0.119. The summed E-state index contributed by atoms with van der Waals surface area (Å²) in [6, 6.07) is 11.2. The van der Waals surface area contributed by atoms with Crippen molar-refractivity contribution in [2.24, 2.45) is 0 Å². The van der Waals surface area contributed by atoms with Crippen LogP contribution in [-0.4, -0.2) is 32.2 Å². The van der Waals surface area contributed by atoms with Gasteiger partial charge in [0.15, 0.2) is 18.1 Å². The first-order valence-corrected chi connectivity index (χ1v) is 8.13. The third-order valence-corrected chi connectivity index (χ3v) is 3.63. The summed E-state index contributed by atoms with van der Waals surface area (Å²) in [5.41, 5.74) is 1.28. The van der Waals surface area contributed by atoms with Crippen molar-refractivity contribution in [1.29, 1.82) is 0 Å². The van der Waals surface area contributed by atoms with E-state index in [1.165, 1.54) is 25.3 Å². The number of carbonyl (C=O) groups is 2. The van der Waals surface area contributed by atoms with Gasteiger partial charge in [-0.05, 0) is 30.2 Å². The number of rotatable bonds is 8. The number of ether oxygens (including phenoxy) is 3. The van der Waals surface area contributed by atoms with Crippen molar-refractivity contribution >= 4 is 17.6 Å². The maximum Gasteiger partial charge on any atom is 0.387 e. The first-order valence-electron chi connectivity index (χ1n) is 8.13. The van der Waals surface area contributed by atoms with Crippen LogP contribution in [0.1, 0.15) is 22.8 Å². The van der Waals surface area contributed by atoms with Gasteiger partial charge in [-0.1, -0.05) is 31.2 Å². The minimum Gasteiger partial charge on any atom is -0.493 e. The molecule has 0 saturated heterocycles. The van der Waals surface area contributed by atoms with Crippen LogP contribution in [-0.2, 0) is 16.0 Å². The van der Waals surface area contributed by atoms with Gasteiger partial charge in [0.2, 0.25) is 0 Å². The Morgan fingerprint density at radius 3 is 2.52 bits per heavy atom. The van der Waals surface area contributed by atoms with E-state index in [1.807, 2.05) is 19.1 Å². The Morgan fingerprint density at radius 2 is 1.85 bits per heavy atom. The van der Waals surface area contributed by atoms with Gasteiger partial charge in [0.05, 0.1) is 7.11 Å². The summed E-state index contributed by atoms with van der Waals surface area (Å²) in [4.78, 5) is 24.3. The Kier molecular flexibility index (Phi) is 7.10. The van der Waals surface area contributed by atoms with Gasteiger partial charge in [-0.3, -0.25) is 4.79 Å². The fourth-order valence-corrected chi connectivity index (χ4v) is 2.39. The number of esters is 1. The lowest BCUT2D eigenvalue weighted by Gasteiger charge is -2.14. The van der Waals surface area contributed by atoms with Gasteiger partial charge in [0, 0.05) is 5.69 Å². The number of para-hydroxylation sites is 2. The molecule has 2 aromatic rings. The van der Waals surface area contributed by atoms with E-state index < -0.39 is 30.8 Å². The number of aryl methyl sites for hydroxylation is 1. The van der Waals surface area contributed by atoms with E-state index in [2.05, 4.69) is 10.1 Å². The molecule has 0 spiro atoms. The lowest BCUT2D eigenvalue weighted by atomic mass is 10.1. The van der Waals surface area contributed by atoms with Crippen molar-refractivity contribution in [3.05, 3.63) is 53.6 Å². The van der Waals surface area contributed by atoms with Crippen molar-refractivity contribution in [1.82, 2.24) is 0 Å². The number of methoxy groups -OCH3 is 1. The maximum atomic E-state index is 12.6. The van der Waals surface area contributed by atoms with Gasteiger partial charge in [0.1, 0.15) is 5.56 Å². The number of anilines is 1. The van der Waals surface area contributed by atoms with Gasteiger partial charge < -0.3 is 19.5 Å². The molecule has 0 aliphatic carbocycles. The molecule has 0 aliphatic heterocycles. The molecule has 0 aromatic heterocycles. The average molecular weight is 379 g/mol. The van der Waals surface area contributed by atoms with Crippen molar-refractivity contribution < 1.29 is 32.6 Å². The zero-order valence-electron chi connectivity index (χ0n) is 14.8. The molecule has 1 N–H and O–H groups in total. The van der Waals surface area contributed by atoms with Crippen LogP contribution in [0, 0.1) is 0 Å². The SMILES string of the molecule is CCc1ccccc1NC(=O)COC(=O)c1cccc(OC)c1OC(F)F. The Bertz CT molecular complexity index is 810. The summed E-state index contributed by atoms with van der Waals surface area (Å²) in [6.45, 7) is -1.79. The third kappa shape index (κ3) is 5.40. The summed E-state index contributed by atoms with van der Waals surface area (Å²) in [6.07, 6.45) is 0.717. The monoisotopic (exact) mass is 379 g/mol. The van der Waals surface area contributed by atoms with Crippen molar-refractivity contribution in [2.75, 3.05) is 19.0 Å². The van der Waals surface area contributed by atoms with E-state index in [0.717, 1.165) is 5.56 Å². The Balaban J connectivity index is 2.06. The quantitative estimate of drug-likeness (QED) is 0.709. The van der Waals surface area contributed by atoms with Crippen LogP contribution in [0.25, 0.3) is 0 Å². The van der Waals surface area contributed by atoms with Crippen LogP contribution >= 0.6 is 0 Å². The van der Waals surface area contributed by atoms with E-state index in [-0.39, 0.29) is 11.3 Å². The fraction of sp³-hybridized carbons (Fsp3) is 0.263. The summed E-state index contributed by atoms with van der Waals surface area (Å²) in [7, 11) is 1.25. The second-order valence-corrected chi connectivity index (χ2v) is 5.35. The fourth-order valence-electron chi connectivity index (χ4n) is 2.39. The topological polar surface area (TPSA) is 73.9 Å². The molecule has 1 amide bonds. The molecule has 0 atom stereocenters. The first kappa shape index (κ1) is 20.2. The number of nitrogens with one attached hydrogen (secondary N) is 1. The third-order valence-electron chi connectivity index (χ3n) is 3.63. The molecule has 2 aromatic carbocycles. The number of benzene rings is 2. The standard InChI is InChI=1S/C19H19F2NO5/c1-3-12-7-4-5-9-14(12)22-16(23)11-26-18(24)13-8-6-10-15(25-2)17(13)27-19(20)21/h4-10,19H,3,11H2,1-2H3,(H,22,23). The summed E-state index contributed by atoms with van der Waals surface area (Å²) in [5.74, 6) is -2.03. The zero-order chi connectivity index (χ0) is 19.8. The first-order chi connectivity index (χ1) is 13.0. The molecule has 0 aliphatic rings. The van der Waals surface area contributed by atoms with Gasteiger partial charge in [-0.25, -0.2) is 4.79 Å². The van der Waals surface area contributed by atoms with Gasteiger partial charge in [0.25, 0.3) is 5.91 Å². The van der Waals surface area contributed by atoms with Gasteiger partial charge in [-0.15, -0.1) is 0 Å². The lowest BCUT2D eigenvalue weighted by Crippen LogP contribution is -2.22. The average Bonchev–Trinajstić information content (AvgIpc) is 2.66. The van der Waals surface area contributed by atoms with Crippen LogP contribution < -0.4 is 14.8 Å². The van der Waals surface area contributed by atoms with Gasteiger partial charge >= 0.3 is 12.6 Å². The largest absolute Gasteiger partial charge is 0.493 e. The van der Waals surface area contributed by atoms with Crippen molar-refractivity contribution in [3.63, 3.8) is 0 Å². The van der Waals surface area contributed by atoms with E-state index in [0.29, 0.717) is 12.1 Å². The number of carbonyl (C=O) groups excluding carboxylic acids is 2. The molecule has 8 heteroatoms. The van der Waals surface area contributed by atoms with Crippen molar-refractivity contribution in [3.8, 4) is 11.5 Å². The Labute approximate surface area is 155 Å². The van der Waals surface area contributed by atoms with Crippen molar-refractivity contribution in [2.45, 2.75) is 20.0 Å². The smallest absolute Gasteiger partial charge is 0.387 e. The summed E-state index contributed by atoms with van der Waals surface area (Å²) in [5, 5.41) is 2.65. The molecular weight excluding hydrogens is 360 g/mol. The van der Waals surface area contributed by atoms with Crippen LogP contribution in [0.4, 0.5) is 14.5 Å². The molecule has 0 bridgehead atoms.